The van der Waals surface area contributed by atoms with E-state index in [4.69, 9.17) is 11.5 Å². The molecule has 0 aromatic heterocycles. The minimum atomic E-state index is 0.138. The van der Waals surface area contributed by atoms with E-state index in [0.29, 0.717) is 0 Å². The van der Waals surface area contributed by atoms with Crippen molar-refractivity contribution in [2.75, 3.05) is 0 Å². The first kappa shape index (κ1) is 11.2. The molecule has 0 fully saturated rings. The van der Waals surface area contributed by atoms with Crippen LogP contribution in [0.4, 0.5) is 0 Å². The molecule has 1 aromatic rings. The maximum atomic E-state index is 5.96. The van der Waals surface area contributed by atoms with Gasteiger partial charge in [-0.15, -0.1) is 0 Å². The van der Waals surface area contributed by atoms with E-state index in [2.05, 4.69) is 32.0 Å². The Hall–Kier alpha value is -0.860. The lowest BCUT2D eigenvalue weighted by molar-refractivity contribution is 0.677. The van der Waals surface area contributed by atoms with Crippen LogP contribution in [0.5, 0.6) is 0 Å². The van der Waals surface area contributed by atoms with Gasteiger partial charge >= 0.3 is 0 Å². The number of rotatable bonds is 4. The molecule has 0 spiro atoms. The van der Waals surface area contributed by atoms with Crippen LogP contribution in [0.1, 0.15) is 49.9 Å². The molecule has 2 unspecified atom stereocenters. The van der Waals surface area contributed by atoms with Crippen LogP contribution in [0.3, 0.4) is 0 Å². The molecule has 0 bridgehead atoms. The van der Waals surface area contributed by atoms with Gasteiger partial charge in [-0.25, -0.2) is 0 Å². The van der Waals surface area contributed by atoms with E-state index < -0.39 is 0 Å². The smallest absolute Gasteiger partial charge is 0.0292 e. The van der Waals surface area contributed by atoms with Crippen LogP contribution in [-0.2, 0) is 0 Å². The van der Waals surface area contributed by atoms with Crippen LogP contribution in [0.25, 0.3) is 0 Å². The summed E-state index contributed by atoms with van der Waals surface area (Å²) in [4.78, 5) is 0. The average molecular weight is 192 g/mol. The highest BCUT2D eigenvalue weighted by Gasteiger charge is 2.07. The molecule has 0 amide bonds. The number of hydrogen-bond acceptors (Lipinski definition) is 2. The predicted octanol–water partition coefficient (Wildman–Crippen LogP) is 2.51. The van der Waals surface area contributed by atoms with Crippen LogP contribution in [0, 0.1) is 0 Å². The maximum Gasteiger partial charge on any atom is 0.0292 e. The summed E-state index contributed by atoms with van der Waals surface area (Å²) < 4.78 is 0. The van der Waals surface area contributed by atoms with Crippen LogP contribution in [-0.4, -0.2) is 0 Å². The van der Waals surface area contributed by atoms with Gasteiger partial charge in [0.05, 0.1) is 0 Å². The molecule has 14 heavy (non-hydrogen) atoms. The van der Waals surface area contributed by atoms with Crippen molar-refractivity contribution in [2.45, 2.75) is 38.8 Å². The van der Waals surface area contributed by atoms with E-state index in [0.717, 1.165) is 12.8 Å². The molecule has 0 radical (unpaired) electrons. The van der Waals surface area contributed by atoms with Crippen LogP contribution < -0.4 is 11.5 Å². The third-order valence-electron chi connectivity index (χ3n) is 2.65. The number of benzene rings is 1. The highest BCUT2D eigenvalue weighted by atomic mass is 14.6. The Morgan fingerprint density at radius 2 is 1.43 bits per heavy atom. The minimum absolute atomic E-state index is 0.138. The lowest BCUT2D eigenvalue weighted by atomic mass is 9.98. The van der Waals surface area contributed by atoms with Crippen LogP contribution >= 0.6 is 0 Å². The highest BCUT2D eigenvalue weighted by Crippen LogP contribution is 2.19. The first-order valence-corrected chi connectivity index (χ1v) is 5.30. The van der Waals surface area contributed by atoms with E-state index in [1.54, 1.807) is 0 Å². The van der Waals surface area contributed by atoms with E-state index in [1.165, 1.54) is 11.1 Å². The summed E-state index contributed by atoms with van der Waals surface area (Å²) in [6, 6.07) is 8.58. The van der Waals surface area contributed by atoms with Gasteiger partial charge < -0.3 is 11.5 Å². The molecule has 4 N–H and O–H groups in total. The molecule has 0 aliphatic rings. The normalized spacial score (nSPS) is 15.1. The Morgan fingerprint density at radius 1 is 1.00 bits per heavy atom. The van der Waals surface area contributed by atoms with Gasteiger partial charge in [-0.05, 0) is 24.0 Å². The highest BCUT2D eigenvalue weighted by molar-refractivity contribution is 5.27. The second-order valence-corrected chi connectivity index (χ2v) is 3.70. The summed E-state index contributed by atoms with van der Waals surface area (Å²) in [6.07, 6.45) is 1.93. The molecule has 0 aliphatic heterocycles. The Morgan fingerprint density at radius 3 is 1.79 bits per heavy atom. The van der Waals surface area contributed by atoms with Crippen molar-refractivity contribution in [3.8, 4) is 0 Å². The molecule has 0 heterocycles. The Bertz CT molecular complexity index is 258. The molecular weight excluding hydrogens is 172 g/mol. The first-order chi connectivity index (χ1) is 6.69. The second-order valence-electron chi connectivity index (χ2n) is 3.70. The summed E-state index contributed by atoms with van der Waals surface area (Å²) in [5.74, 6) is 0. The van der Waals surface area contributed by atoms with Crippen molar-refractivity contribution in [1.29, 1.82) is 0 Å². The molecule has 0 saturated heterocycles. The summed E-state index contributed by atoms with van der Waals surface area (Å²) in [6.45, 7) is 4.19. The maximum absolute atomic E-state index is 5.96. The molecule has 0 aliphatic carbocycles. The lowest BCUT2D eigenvalue weighted by Crippen LogP contribution is -2.12. The van der Waals surface area contributed by atoms with Gasteiger partial charge in [0.2, 0.25) is 0 Å². The number of hydrogen-bond donors (Lipinski definition) is 2. The molecule has 0 saturated carbocycles. The van der Waals surface area contributed by atoms with Gasteiger partial charge in [-0.1, -0.05) is 38.1 Å². The fraction of sp³-hybridized carbons (Fsp3) is 0.500. The van der Waals surface area contributed by atoms with E-state index in [9.17, 15) is 0 Å². The van der Waals surface area contributed by atoms with Gasteiger partial charge in [0, 0.05) is 12.1 Å². The standard InChI is InChI=1S/C12H20N2/c1-3-11(13)9-6-5-7-10(8-9)12(14)4-2/h5-8,11-12H,3-4,13-14H2,1-2H3. The summed E-state index contributed by atoms with van der Waals surface area (Å²) >= 11 is 0. The Kier molecular flexibility index (Phi) is 4.11. The lowest BCUT2D eigenvalue weighted by Gasteiger charge is -2.14. The van der Waals surface area contributed by atoms with Gasteiger partial charge in [0.15, 0.2) is 0 Å². The summed E-state index contributed by atoms with van der Waals surface area (Å²) in [7, 11) is 0. The van der Waals surface area contributed by atoms with E-state index in [-0.39, 0.29) is 12.1 Å². The second kappa shape index (κ2) is 5.13. The Labute approximate surface area is 86.3 Å². The van der Waals surface area contributed by atoms with Crippen molar-refractivity contribution in [2.24, 2.45) is 11.5 Å². The molecule has 1 rings (SSSR count). The fourth-order valence-electron chi connectivity index (χ4n) is 1.49. The van der Waals surface area contributed by atoms with Crippen molar-refractivity contribution in [1.82, 2.24) is 0 Å². The zero-order valence-corrected chi connectivity index (χ0v) is 9.03. The molecule has 2 atom stereocenters. The third-order valence-corrected chi connectivity index (χ3v) is 2.65. The van der Waals surface area contributed by atoms with Crippen molar-refractivity contribution >= 4 is 0 Å². The molecule has 2 heteroatoms. The first-order valence-electron chi connectivity index (χ1n) is 5.30. The number of nitrogens with two attached hydrogens (primary N) is 2. The topological polar surface area (TPSA) is 52.0 Å². The van der Waals surface area contributed by atoms with Crippen molar-refractivity contribution < 1.29 is 0 Å². The zero-order valence-electron chi connectivity index (χ0n) is 9.03. The zero-order chi connectivity index (χ0) is 10.6. The largest absolute Gasteiger partial charge is 0.324 e. The minimum Gasteiger partial charge on any atom is -0.324 e. The quantitative estimate of drug-likeness (QED) is 0.770. The van der Waals surface area contributed by atoms with Gasteiger partial charge in [0.1, 0.15) is 0 Å². The third kappa shape index (κ3) is 2.56. The average Bonchev–Trinajstić information content (AvgIpc) is 2.27. The van der Waals surface area contributed by atoms with E-state index >= 15 is 0 Å². The van der Waals surface area contributed by atoms with E-state index in [1.807, 2.05) is 6.07 Å². The summed E-state index contributed by atoms with van der Waals surface area (Å²) in [5.41, 5.74) is 14.3. The Balaban J connectivity index is 2.89. The molecule has 1 aromatic carbocycles. The monoisotopic (exact) mass is 192 g/mol. The van der Waals surface area contributed by atoms with Gasteiger partial charge in [-0.3, -0.25) is 0 Å². The van der Waals surface area contributed by atoms with Gasteiger partial charge in [-0.2, -0.15) is 0 Å². The molecular formula is C12H20N2. The fourth-order valence-corrected chi connectivity index (χ4v) is 1.49. The molecule has 2 nitrogen and oxygen atoms in total. The molecule has 78 valence electrons. The summed E-state index contributed by atoms with van der Waals surface area (Å²) in [5, 5.41) is 0. The SMILES string of the molecule is CCC(N)c1cccc(C(N)CC)c1. The van der Waals surface area contributed by atoms with Crippen molar-refractivity contribution in [3.63, 3.8) is 0 Å². The van der Waals surface area contributed by atoms with Crippen molar-refractivity contribution in [3.05, 3.63) is 35.4 Å². The van der Waals surface area contributed by atoms with Crippen LogP contribution in [0.2, 0.25) is 0 Å². The van der Waals surface area contributed by atoms with Crippen LogP contribution in [0.15, 0.2) is 24.3 Å². The van der Waals surface area contributed by atoms with Gasteiger partial charge in [0.25, 0.3) is 0 Å². The predicted molar refractivity (Wildman–Crippen MR) is 60.9 cm³/mol.